The molecule has 0 spiro atoms. The number of halogens is 3. The lowest BCUT2D eigenvalue weighted by atomic mass is 10.0. The highest BCUT2D eigenvalue weighted by molar-refractivity contribution is 9.10. The zero-order valence-corrected chi connectivity index (χ0v) is 12.6. The summed E-state index contributed by atoms with van der Waals surface area (Å²) in [6.45, 7) is 2.56. The smallest absolute Gasteiger partial charge is 0.137 e. The van der Waals surface area contributed by atoms with E-state index < -0.39 is 0 Å². The van der Waals surface area contributed by atoms with E-state index >= 15 is 0 Å². The molecule has 1 heterocycles. The number of rotatable bonds is 3. The lowest BCUT2D eigenvalue weighted by Crippen LogP contribution is -2.43. The molecule has 0 aromatic heterocycles. The van der Waals surface area contributed by atoms with Gasteiger partial charge in [0.15, 0.2) is 0 Å². The fourth-order valence-corrected chi connectivity index (χ4v) is 2.65. The monoisotopic (exact) mass is 336 g/mol. The molecule has 0 aliphatic carbocycles. The second kappa shape index (κ2) is 7.43. The Morgan fingerprint density at radius 1 is 1.39 bits per heavy atom. The maximum atomic E-state index is 13.4. The minimum absolute atomic E-state index is 0. The Morgan fingerprint density at radius 3 is 2.83 bits per heavy atom. The quantitative estimate of drug-likeness (QED) is 0.917. The third-order valence-electron chi connectivity index (χ3n) is 3.39. The van der Waals surface area contributed by atoms with Crippen LogP contribution in [0.1, 0.15) is 24.8 Å². The topological polar surface area (TPSA) is 29.3 Å². The summed E-state index contributed by atoms with van der Waals surface area (Å²) in [5, 5.41) is 0. The summed E-state index contributed by atoms with van der Waals surface area (Å²) in [4.78, 5) is 2.37. The zero-order valence-electron chi connectivity index (χ0n) is 10.2. The molecule has 1 fully saturated rings. The molecular formula is C13H19BrClFN2. The Morgan fingerprint density at radius 2 is 2.17 bits per heavy atom. The molecule has 1 unspecified atom stereocenters. The highest BCUT2D eigenvalue weighted by Gasteiger charge is 2.21. The van der Waals surface area contributed by atoms with Crippen LogP contribution < -0.4 is 5.73 Å². The van der Waals surface area contributed by atoms with Crippen molar-refractivity contribution in [2.75, 3.05) is 13.1 Å². The fourth-order valence-electron chi connectivity index (χ4n) is 2.41. The number of hydrogen-bond acceptors (Lipinski definition) is 2. The molecule has 0 bridgehead atoms. The van der Waals surface area contributed by atoms with Crippen molar-refractivity contribution in [2.24, 2.45) is 5.73 Å². The molecule has 0 radical (unpaired) electrons. The van der Waals surface area contributed by atoms with Crippen molar-refractivity contribution in [3.8, 4) is 0 Å². The summed E-state index contributed by atoms with van der Waals surface area (Å²) in [6.07, 6.45) is 3.64. The van der Waals surface area contributed by atoms with Crippen molar-refractivity contribution in [3.63, 3.8) is 0 Å². The number of likely N-dealkylation sites (tertiary alicyclic amines) is 1. The first kappa shape index (κ1) is 15.9. The number of piperidine rings is 1. The summed E-state index contributed by atoms with van der Waals surface area (Å²) in [7, 11) is 0. The van der Waals surface area contributed by atoms with Crippen LogP contribution in [0.2, 0.25) is 0 Å². The first-order valence-electron chi connectivity index (χ1n) is 6.08. The van der Waals surface area contributed by atoms with Gasteiger partial charge in [-0.05, 0) is 53.0 Å². The Labute approximate surface area is 122 Å². The third kappa shape index (κ3) is 3.92. The van der Waals surface area contributed by atoms with Crippen molar-refractivity contribution >= 4 is 28.3 Å². The molecule has 1 atom stereocenters. The van der Waals surface area contributed by atoms with Crippen molar-refractivity contribution < 1.29 is 4.39 Å². The zero-order chi connectivity index (χ0) is 12.3. The van der Waals surface area contributed by atoms with Crippen LogP contribution >= 0.6 is 28.3 Å². The molecule has 1 aromatic carbocycles. The first-order chi connectivity index (χ1) is 8.20. The molecular weight excluding hydrogens is 319 g/mol. The van der Waals surface area contributed by atoms with Crippen LogP contribution in [0.15, 0.2) is 22.7 Å². The molecule has 1 saturated heterocycles. The number of benzene rings is 1. The Bertz CT molecular complexity index is 389. The van der Waals surface area contributed by atoms with Gasteiger partial charge in [0.1, 0.15) is 5.82 Å². The van der Waals surface area contributed by atoms with Gasteiger partial charge in [-0.15, -0.1) is 12.4 Å². The van der Waals surface area contributed by atoms with Crippen LogP contribution in [0.3, 0.4) is 0 Å². The van der Waals surface area contributed by atoms with Gasteiger partial charge in [0.05, 0.1) is 4.47 Å². The summed E-state index contributed by atoms with van der Waals surface area (Å²) >= 11 is 3.17. The van der Waals surface area contributed by atoms with Gasteiger partial charge in [0, 0.05) is 19.1 Å². The molecule has 5 heteroatoms. The number of hydrogen-bond donors (Lipinski definition) is 1. The van der Waals surface area contributed by atoms with E-state index in [1.165, 1.54) is 12.8 Å². The van der Waals surface area contributed by atoms with E-state index in [0.717, 1.165) is 25.1 Å². The van der Waals surface area contributed by atoms with Crippen molar-refractivity contribution in [1.82, 2.24) is 4.90 Å². The number of nitrogens with two attached hydrogens (primary N) is 1. The second-order valence-corrected chi connectivity index (χ2v) is 5.46. The standard InChI is InChI=1S/C13H18BrFN2.ClH/c14-12-5-4-10(7-13(12)15)9-17-6-2-1-3-11(17)8-16;/h4-5,7,11H,1-3,6,8-9,16H2;1H. The molecule has 2 nitrogen and oxygen atoms in total. The van der Waals surface area contributed by atoms with Crippen LogP contribution in [0.5, 0.6) is 0 Å². The normalized spacial score (nSPS) is 20.5. The molecule has 0 saturated carbocycles. The van der Waals surface area contributed by atoms with Gasteiger partial charge in [-0.25, -0.2) is 4.39 Å². The first-order valence-corrected chi connectivity index (χ1v) is 6.88. The van der Waals surface area contributed by atoms with Crippen LogP contribution in [0, 0.1) is 5.82 Å². The van der Waals surface area contributed by atoms with Crippen molar-refractivity contribution in [2.45, 2.75) is 31.8 Å². The predicted molar refractivity (Wildman–Crippen MR) is 78.5 cm³/mol. The predicted octanol–water partition coefficient (Wildman–Crippen LogP) is 3.32. The van der Waals surface area contributed by atoms with Gasteiger partial charge in [0.2, 0.25) is 0 Å². The summed E-state index contributed by atoms with van der Waals surface area (Å²) in [5.41, 5.74) is 6.80. The van der Waals surface area contributed by atoms with E-state index in [1.807, 2.05) is 6.07 Å². The van der Waals surface area contributed by atoms with Gasteiger partial charge in [-0.2, -0.15) is 0 Å². The van der Waals surface area contributed by atoms with E-state index in [0.29, 0.717) is 17.1 Å². The summed E-state index contributed by atoms with van der Waals surface area (Å²) in [5.74, 6) is -0.191. The van der Waals surface area contributed by atoms with E-state index in [2.05, 4.69) is 20.8 Å². The molecule has 1 aliphatic rings. The molecule has 1 aliphatic heterocycles. The molecule has 2 rings (SSSR count). The summed E-state index contributed by atoms with van der Waals surface area (Å²) in [6, 6.07) is 5.80. The van der Waals surface area contributed by atoms with Crippen molar-refractivity contribution in [1.29, 1.82) is 0 Å². The van der Waals surface area contributed by atoms with Crippen LogP contribution in [0.25, 0.3) is 0 Å². The van der Waals surface area contributed by atoms with Gasteiger partial charge in [0.25, 0.3) is 0 Å². The van der Waals surface area contributed by atoms with E-state index in [1.54, 1.807) is 12.1 Å². The lowest BCUT2D eigenvalue weighted by molar-refractivity contribution is 0.144. The summed E-state index contributed by atoms with van der Waals surface area (Å²) < 4.78 is 13.9. The number of nitrogens with zero attached hydrogens (tertiary/aromatic N) is 1. The van der Waals surface area contributed by atoms with E-state index in [9.17, 15) is 4.39 Å². The van der Waals surface area contributed by atoms with E-state index in [4.69, 9.17) is 5.73 Å². The van der Waals surface area contributed by atoms with Gasteiger partial charge >= 0.3 is 0 Å². The third-order valence-corrected chi connectivity index (χ3v) is 4.03. The molecule has 0 amide bonds. The average Bonchev–Trinajstić information content (AvgIpc) is 2.34. The molecule has 2 N–H and O–H groups in total. The minimum Gasteiger partial charge on any atom is -0.329 e. The Kier molecular flexibility index (Phi) is 6.57. The van der Waals surface area contributed by atoms with Crippen molar-refractivity contribution in [3.05, 3.63) is 34.1 Å². The lowest BCUT2D eigenvalue weighted by Gasteiger charge is -2.35. The van der Waals surface area contributed by atoms with Crippen LogP contribution in [0.4, 0.5) is 4.39 Å². The Hall–Kier alpha value is -0.160. The van der Waals surface area contributed by atoms with E-state index in [-0.39, 0.29) is 18.2 Å². The van der Waals surface area contributed by atoms with Gasteiger partial charge in [-0.1, -0.05) is 12.5 Å². The van der Waals surface area contributed by atoms with Gasteiger partial charge in [-0.3, -0.25) is 4.90 Å². The maximum absolute atomic E-state index is 13.4. The van der Waals surface area contributed by atoms with Gasteiger partial charge < -0.3 is 5.73 Å². The largest absolute Gasteiger partial charge is 0.329 e. The highest BCUT2D eigenvalue weighted by atomic mass is 79.9. The van der Waals surface area contributed by atoms with Crippen LogP contribution in [-0.4, -0.2) is 24.0 Å². The van der Waals surface area contributed by atoms with Crippen LogP contribution in [-0.2, 0) is 6.54 Å². The molecule has 18 heavy (non-hydrogen) atoms. The SMILES string of the molecule is Cl.NCC1CCCCN1Cc1ccc(Br)c(F)c1. The molecule has 102 valence electrons. The highest BCUT2D eigenvalue weighted by Crippen LogP contribution is 2.21. The molecule has 1 aromatic rings. The minimum atomic E-state index is -0.191. The Balaban J connectivity index is 0.00000162. The second-order valence-electron chi connectivity index (χ2n) is 4.60. The average molecular weight is 338 g/mol. The fraction of sp³-hybridized carbons (Fsp3) is 0.538. The maximum Gasteiger partial charge on any atom is 0.137 e.